The Bertz CT molecular complexity index is 99.1. The molecule has 0 radical (unpaired) electrons. The average Bonchev–Trinajstić information content (AvgIpc) is 1.61. The van der Waals surface area contributed by atoms with Crippen LogP contribution >= 0.6 is 12.0 Å². The Hall–Kier alpha value is -0.710. The van der Waals surface area contributed by atoms with E-state index in [4.69, 9.17) is 0 Å². The third-order valence-electron chi connectivity index (χ3n) is 0.241. The van der Waals surface area contributed by atoms with Gasteiger partial charge in [-0.1, -0.05) is 0 Å². The van der Waals surface area contributed by atoms with Crippen LogP contribution in [0.1, 0.15) is 6.92 Å². The standard InChI is InChI=1S/C3H5NO3S/c1-2(5)7-8-3(4)6/h1H3,(H2,4,6). The van der Waals surface area contributed by atoms with Gasteiger partial charge in [0.2, 0.25) is 0 Å². The minimum atomic E-state index is -0.722. The van der Waals surface area contributed by atoms with Crippen LogP contribution in [0.15, 0.2) is 0 Å². The Morgan fingerprint density at radius 3 is 2.25 bits per heavy atom. The van der Waals surface area contributed by atoms with Crippen molar-refractivity contribution in [2.45, 2.75) is 6.92 Å². The van der Waals surface area contributed by atoms with Gasteiger partial charge >= 0.3 is 11.2 Å². The molecule has 0 aliphatic carbocycles. The molecule has 0 aliphatic rings. The van der Waals surface area contributed by atoms with Crippen LogP contribution in [0.2, 0.25) is 0 Å². The van der Waals surface area contributed by atoms with Crippen LogP contribution in [0.25, 0.3) is 0 Å². The van der Waals surface area contributed by atoms with Gasteiger partial charge in [0, 0.05) is 6.92 Å². The van der Waals surface area contributed by atoms with E-state index >= 15 is 0 Å². The Balaban J connectivity index is 3.18. The molecule has 0 saturated heterocycles. The molecule has 0 fully saturated rings. The molecule has 46 valence electrons. The highest BCUT2D eigenvalue weighted by molar-refractivity contribution is 8.09. The van der Waals surface area contributed by atoms with Gasteiger partial charge in [-0.3, -0.25) is 9.59 Å². The summed E-state index contributed by atoms with van der Waals surface area (Å²) >= 11 is 0.329. The van der Waals surface area contributed by atoms with Gasteiger partial charge in [0.15, 0.2) is 12.0 Å². The fraction of sp³-hybridized carbons (Fsp3) is 0.333. The SMILES string of the molecule is CC(=O)OSC(N)=O. The second kappa shape index (κ2) is 3.31. The number of hydrogen-bond acceptors (Lipinski definition) is 4. The fourth-order valence-electron chi connectivity index (χ4n) is 0.0997. The summed E-state index contributed by atoms with van der Waals surface area (Å²) < 4.78 is 4.11. The minimum absolute atomic E-state index is 0.329. The summed E-state index contributed by atoms with van der Waals surface area (Å²) in [6.07, 6.45) is 0. The fourth-order valence-corrected chi connectivity index (χ4v) is 0.299. The molecule has 1 amide bonds. The zero-order chi connectivity index (χ0) is 6.57. The topological polar surface area (TPSA) is 69.4 Å². The molecule has 4 nitrogen and oxygen atoms in total. The number of hydrogen-bond donors (Lipinski definition) is 1. The number of rotatable bonds is 0. The molecule has 8 heavy (non-hydrogen) atoms. The van der Waals surface area contributed by atoms with Gasteiger partial charge in [-0.2, -0.15) is 0 Å². The molecular formula is C3H5NO3S. The van der Waals surface area contributed by atoms with E-state index in [0.717, 1.165) is 0 Å². The van der Waals surface area contributed by atoms with Crippen LogP contribution < -0.4 is 5.73 Å². The summed E-state index contributed by atoms with van der Waals surface area (Å²) in [5.41, 5.74) is 4.59. The van der Waals surface area contributed by atoms with Crippen molar-refractivity contribution < 1.29 is 13.8 Å². The summed E-state index contributed by atoms with van der Waals surface area (Å²) in [6, 6.07) is 0. The van der Waals surface area contributed by atoms with Crippen LogP contribution in [-0.2, 0) is 8.98 Å². The lowest BCUT2D eigenvalue weighted by atomic mass is 10.9. The highest BCUT2D eigenvalue weighted by Crippen LogP contribution is 1.99. The van der Waals surface area contributed by atoms with E-state index in [1.54, 1.807) is 0 Å². The molecule has 0 aromatic rings. The predicted octanol–water partition coefficient (Wildman–Crippen LogP) is 0.276. The van der Waals surface area contributed by atoms with Crippen molar-refractivity contribution in [2.24, 2.45) is 5.73 Å². The minimum Gasteiger partial charge on any atom is -0.381 e. The molecule has 0 bridgehead atoms. The highest BCUT2D eigenvalue weighted by Gasteiger charge is 1.97. The van der Waals surface area contributed by atoms with Crippen molar-refractivity contribution in [2.75, 3.05) is 0 Å². The first-order valence-corrected chi connectivity index (χ1v) is 2.51. The van der Waals surface area contributed by atoms with E-state index in [2.05, 4.69) is 9.92 Å². The van der Waals surface area contributed by atoms with E-state index in [9.17, 15) is 9.59 Å². The lowest BCUT2D eigenvalue weighted by molar-refractivity contribution is -0.130. The van der Waals surface area contributed by atoms with Crippen molar-refractivity contribution in [1.29, 1.82) is 0 Å². The van der Waals surface area contributed by atoms with E-state index in [1.165, 1.54) is 6.92 Å². The Kier molecular flexibility index (Phi) is 3.02. The lowest BCUT2D eigenvalue weighted by Gasteiger charge is -1.89. The van der Waals surface area contributed by atoms with E-state index < -0.39 is 11.2 Å². The Morgan fingerprint density at radius 1 is 1.62 bits per heavy atom. The smallest absolute Gasteiger partial charge is 0.315 e. The molecule has 0 spiro atoms. The first-order chi connectivity index (χ1) is 3.63. The molecular weight excluding hydrogens is 130 g/mol. The predicted molar refractivity (Wildman–Crippen MR) is 28.9 cm³/mol. The maximum Gasteiger partial charge on any atom is 0.315 e. The Labute approximate surface area is 50.6 Å². The van der Waals surface area contributed by atoms with Crippen molar-refractivity contribution in [3.05, 3.63) is 0 Å². The van der Waals surface area contributed by atoms with Crippen molar-refractivity contribution in [3.63, 3.8) is 0 Å². The van der Waals surface area contributed by atoms with Crippen LogP contribution in [-0.4, -0.2) is 11.2 Å². The molecule has 0 rings (SSSR count). The average molecular weight is 135 g/mol. The molecule has 0 heterocycles. The van der Waals surface area contributed by atoms with Gasteiger partial charge in [0.25, 0.3) is 0 Å². The van der Waals surface area contributed by atoms with Gasteiger partial charge in [-0.15, -0.1) is 0 Å². The third-order valence-corrected chi connectivity index (χ3v) is 0.723. The third kappa shape index (κ3) is 5.29. The maximum absolute atomic E-state index is 9.90. The highest BCUT2D eigenvalue weighted by atomic mass is 32.2. The maximum atomic E-state index is 9.90. The molecule has 0 unspecified atom stereocenters. The number of amides is 1. The molecule has 0 aromatic carbocycles. The van der Waals surface area contributed by atoms with Gasteiger partial charge in [-0.25, -0.2) is 0 Å². The van der Waals surface area contributed by atoms with Crippen LogP contribution in [0.3, 0.4) is 0 Å². The first-order valence-electron chi connectivity index (χ1n) is 1.77. The Morgan fingerprint density at radius 2 is 2.12 bits per heavy atom. The summed E-state index contributed by atoms with van der Waals surface area (Å²) in [4.78, 5) is 19.7. The van der Waals surface area contributed by atoms with Gasteiger partial charge in [0.1, 0.15) is 0 Å². The first kappa shape index (κ1) is 7.29. The second-order valence-corrected chi connectivity index (χ2v) is 1.71. The van der Waals surface area contributed by atoms with Crippen molar-refractivity contribution >= 4 is 23.3 Å². The van der Waals surface area contributed by atoms with E-state index in [-0.39, 0.29) is 0 Å². The molecule has 0 aliphatic heterocycles. The lowest BCUT2D eigenvalue weighted by Crippen LogP contribution is -2.04. The van der Waals surface area contributed by atoms with Crippen LogP contribution in [0.4, 0.5) is 4.79 Å². The van der Waals surface area contributed by atoms with Crippen molar-refractivity contribution in [3.8, 4) is 0 Å². The van der Waals surface area contributed by atoms with E-state index in [0.29, 0.717) is 12.0 Å². The number of nitrogens with two attached hydrogens (primary N) is 1. The number of carbonyl (C=O) groups is 2. The summed E-state index contributed by atoms with van der Waals surface area (Å²) in [6.45, 7) is 1.19. The van der Waals surface area contributed by atoms with Gasteiger partial charge in [-0.05, 0) is 0 Å². The van der Waals surface area contributed by atoms with E-state index in [1.807, 2.05) is 0 Å². The van der Waals surface area contributed by atoms with Gasteiger partial charge in [0.05, 0.1) is 0 Å². The number of carbonyl (C=O) groups excluding carboxylic acids is 2. The summed E-state index contributed by atoms with van der Waals surface area (Å²) in [7, 11) is 0. The molecule has 0 aromatic heterocycles. The normalized spacial score (nSPS) is 8.12. The van der Waals surface area contributed by atoms with Gasteiger partial charge < -0.3 is 9.92 Å². The monoisotopic (exact) mass is 135 g/mol. The van der Waals surface area contributed by atoms with Crippen LogP contribution in [0, 0.1) is 0 Å². The largest absolute Gasteiger partial charge is 0.381 e. The summed E-state index contributed by atoms with van der Waals surface area (Å²) in [5, 5.41) is -0.722. The number of primary amides is 1. The van der Waals surface area contributed by atoms with Crippen LogP contribution in [0.5, 0.6) is 0 Å². The summed E-state index contributed by atoms with van der Waals surface area (Å²) in [5.74, 6) is -0.534. The quantitative estimate of drug-likeness (QED) is 0.484. The molecule has 0 saturated carbocycles. The zero-order valence-electron chi connectivity index (χ0n) is 4.21. The van der Waals surface area contributed by atoms with Crippen molar-refractivity contribution in [1.82, 2.24) is 0 Å². The second-order valence-electron chi connectivity index (χ2n) is 0.977. The zero-order valence-corrected chi connectivity index (χ0v) is 5.03. The molecule has 5 heteroatoms. The molecule has 2 N–H and O–H groups in total. The molecule has 0 atom stereocenters.